The van der Waals surface area contributed by atoms with Gasteiger partial charge in [0.2, 0.25) is 0 Å². The second kappa shape index (κ2) is 2.83. The van der Waals surface area contributed by atoms with Crippen LogP contribution in [0.15, 0.2) is 30.3 Å². The van der Waals surface area contributed by atoms with Gasteiger partial charge >= 0.3 is 0 Å². The Hall–Kier alpha value is -0.870. The van der Waals surface area contributed by atoms with Crippen LogP contribution in [0.5, 0.6) is 0 Å². The molecule has 15 heavy (non-hydrogen) atoms. The summed E-state index contributed by atoms with van der Waals surface area (Å²) in [7, 11) is -2.83. The molecule has 2 aliphatic rings. The molecule has 2 atom stereocenters. The van der Waals surface area contributed by atoms with Crippen molar-refractivity contribution < 1.29 is 8.42 Å². The number of hydrogen-bond donors (Lipinski definition) is 1. The van der Waals surface area contributed by atoms with Crippen LogP contribution in [0.1, 0.15) is 5.56 Å². The Bertz CT molecular complexity index is 483. The Morgan fingerprint density at radius 1 is 1.27 bits per heavy atom. The fourth-order valence-electron chi connectivity index (χ4n) is 2.85. The highest BCUT2D eigenvalue weighted by Crippen LogP contribution is 2.45. The van der Waals surface area contributed by atoms with Crippen molar-refractivity contribution in [2.75, 3.05) is 18.8 Å². The maximum atomic E-state index is 11.6. The van der Waals surface area contributed by atoms with Gasteiger partial charge in [0.05, 0.1) is 11.0 Å². The Kier molecular flexibility index (Phi) is 1.77. The van der Waals surface area contributed by atoms with Crippen molar-refractivity contribution in [1.82, 2.24) is 5.32 Å². The van der Waals surface area contributed by atoms with Crippen molar-refractivity contribution >= 4 is 9.84 Å². The highest BCUT2D eigenvalue weighted by atomic mass is 32.2. The van der Waals surface area contributed by atoms with Gasteiger partial charge in [-0.1, -0.05) is 30.3 Å². The minimum absolute atomic E-state index is 0.139. The molecule has 0 radical (unpaired) electrons. The zero-order chi connectivity index (χ0) is 10.5. The van der Waals surface area contributed by atoms with Crippen LogP contribution in [-0.4, -0.2) is 32.5 Å². The van der Waals surface area contributed by atoms with E-state index >= 15 is 0 Å². The summed E-state index contributed by atoms with van der Waals surface area (Å²) in [5.41, 5.74) is 1.02. The molecule has 1 N–H and O–H groups in total. The summed E-state index contributed by atoms with van der Waals surface area (Å²) in [6.45, 7) is 1.40. The van der Waals surface area contributed by atoms with E-state index in [0.29, 0.717) is 12.3 Å². The van der Waals surface area contributed by atoms with Crippen molar-refractivity contribution in [3.8, 4) is 0 Å². The lowest BCUT2D eigenvalue weighted by Crippen LogP contribution is -2.59. The molecule has 3 nitrogen and oxygen atoms in total. The second-order valence-electron chi connectivity index (χ2n) is 4.45. The van der Waals surface area contributed by atoms with Crippen molar-refractivity contribution in [2.45, 2.75) is 10.7 Å². The first-order valence-electron chi connectivity index (χ1n) is 5.13. The summed E-state index contributed by atoms with van der Waals surface area (Å²) >= 11 is 0. The van der Waals surface area contributed by atoms with Crippen molar-refractivity contribution in [2.24, 2.45) is 0 Å². The van der Waals surface area contributed by atoms with Crippen LogP contribution in [0.25, 0.3) is 0 Å². The smallest absolute Gasteiger partial charge is 0.156 e. The van der Waals surface area contributed by atoms with Gasteiger partial charge in [-0.05, 0) is 5.56 Å². The van der Waals surface area contributed by atoms with Crippen LogP contribution < -0.4 is 5.32 Å². The lowest BCUT2D eigenvalue weighted by atomic mass is 9.80. The maximum Gasteiger partial charge on any atom is 0.156 e. The zero-order valence-electron chi connectivity index (χ0n) is 8.31. The van der Waals surface area contributed by atoms with Crippen LogP contribution in [-0.2, 0) is 15.3 Å². The highest BCUT2D eigenvalue weighted by molar-refractivity contribution is 7.93. The van der Waals surface area contributed by atoms with Gasteiger partial charge < -0.3 is 5.32 Å². The molecular formula is C11H13NO2S. The summed E-state index contributed by atoms with van der Waals surface area (Å²) in [5.74, 6) is 0.307. The van der Waals surface area contributed by atoms with Gasteiger partial charge in [0, 0.05) is 18.5 Å². The molecule has 2 fully saturated rings. The van der Waals surface area contributed by atoms with Crippen LogP contribution >= 0.6 is 0 Å². The molecule has 2 aliphatic heterocycles. The molecule has 0 aromatic heterocycles. The molecule has 2 saturated heterocycles. The molecule has 0 amide bonds. The fraction of sp³-hybridized carbons (Fsp3) is 0.455. The van der Waals surface area contributed by atoms with Crippen LogP contribution in [0.4, 0.5) is 0 Å². The first kappa shape index (κ1) is 9.36. The molecule has 0 aliphatic carbocycles. The van der Waals surface area contributed by atoms with Crippen molar-refractivity contribution in [3.05, 3.63) is 35.9 Å². The van der Waals surface area contributed by atoms with Crippen LogP contribution in [0.3, 0.4) is 0 Å². The Morgan fingerprint density at radius 2 is 2.00 bits per heavy atom. The van der Waals surface area contributed by atoms with Gasteiger partial charge in [-0.15, -0.1) is 0 Å². The van der Waals surface area contributed by atoms with Gasteiger partial charge in [-0.3, -0.25) is 0 Å². The number of rotatable bonds is 1. The van der Waals surface area contributed by atoms with Gasteiger partial charge in [0.15, 0.2) is 9.84 Å². The monoisotopic (exact) mass is 223 g/mol. The molecule has 1 aromatic carbocycles. The van der Waals surface area contributed by atoms with Crippen molar-refractivity contribution in [3.63, 3.8) is 0 Å². The Balaban J connectivity index is 2.07. The predicted octanol–water partition coefficient (Wildman–Crippen LogP) is 0.325. The largest absolute Gasteiger partial charge is 0.314 e. The molecule has 0 bridgehead atoms. The molecule has 4 heteroatoms. The average Bonchev–Trinajstić information content (AvgIpc) is 2.59. The Labute approximate surface area is 89.4 Å². The average molecular weight is 223 g/mol. The first-order valence-corrected chi connectivity index (χ1v) is 6.84. The van der Waals surface area contributed by atoms with Gasteiger partial charge in [0.25, 0.3) is 0 Å². The number of benzene rings is 1. The number of fused-ring (bicyclic) bond motifs is 1. The SMILES string of the molecule is O=S1(=O)C[C@]2(c3ccccc3)CNC[C@@H]21. The van der Waals surface area contributed by atoms with Gasteiger partial charge in [-0.2, -0.15) is 0 Å². The van der Waals surface area contributed by atoms with Crippen molar-refractivity contribution in [1.29, 1.82) is 0 Å². The Morgan fingerprint density at radius 3 is 2.67 bits per heavy atom. The standard InChI is InChI=1S/C11H13NO2S/c13-15(14)8-11(7-12-6-10(11)15)9-4-2-1-3-5-9/h1-5,10,12H,6-8H2/t10-,11-/m0/s1. The number of sulfone groups is 1. The summed E-state index contributed by atoms with van der Waals surface area (Å²) in [5, 5.41) is 3.00. The minimum Gasteiger partial charge on any atom is -0.314 e. The molecular weight excluding hydrogens is 210 g/mol. The van der Waals surface area contributed by atoms with Crippen LogP contribution in [0.2, 0.25) is 0 Å². The van der Waals surface area contributed by atoms with E-state index in [0.717, 1.165) is 12.1 Å². The van der Waals surface area contributed by atoms with E-state index in [9.17, 15) is 8.42 Å². The van der Waals surface area contributed by atoms with Crippen LogP contribution in [0, 0.1) is 0 Å². The van der Waals surface area contributed by atoms with E-state index in [1.165, 1.54) is 0 Å². The van der Waals surface area contributed by atoms with E-state index in [1.807, 2.05) is 30.3 Å². The lowest BCUT2D eigenvalue weighted by Gasteiger charge is -2.43. The van der Waals surface area contributed by atoms with Gasteiger partial charge in [-0.25, -0.2) is 8.42 Å². The van der Waals surface area contributed by atoms with E-state index in [1.54, 1.807) is 0 Å². The summed E-state index contributed by atoms with van der Waals surface area (Å²) in [4.78, 5) is 0. The molecule has 2 heterocycles. The summed E-state index contributed by atoms with van der Waals surface area (Å²) in [6, 6.07) is 9.99. The third kappa shape index (κ3) is 1.12. The second-order valence-corrected chi connectivity index (χ2v) is 6.63. The zero-order valence-corrected chi connectivity index (χ0v) is 9.13. The quantitative estimate of drug-likeness (QED) is 0.746. The fourth-order valence-corrected chi connectivity index (χ4v) is 5.31. The summed E-state index contributed by atoms with van der Waals surface area (Å²) < 4.78 is 23.3. The minimum atomic E-state index is -2.83. The van der Waals surface area contributed by atoms with E-state index in [-0.39, 0.29) is 10.7 Å². The molecule has 0 unspecified atom stereocenters. The van der Waals surface area contributed by atoms with E-state index in [4.69, 9.17) is 0 Å². The number of hydrogen-bond acceptors (Lipinski definition) is 3. The normalized spacial score (nSPS) is 36.9. The molecule has 0 saturated carbocycles. The van der Waals surface area contributed by atoms with E-state index in [2.05, 4.69) is 5.32 Å². The maximum absolute atomic E-state index is 11.6. The molecule has 80 valence electrons. The summed E-state index contributed by atoms with van der Waals surface area (Å²) in [6.07, 6.45) is 0. The molecule has 3 rings (SSSR count). The van der Waals surface area contributed by atoms with Gasteiger partial charge in [0.1, 0.15) is 0 Å². The third-order valence-corrected chi connectivity index (χ3v) is 6.03. The van der Waals surface area contributed by atoms with E-state index < -0.39 is 9.84 Å². The topological polar surface area (TPSA) is 46.2 Å². The molecule has 1 aromatic rings. The molecule has 0 spiro atoms. The third-order valence-electron chi connectivity index (χ3n) is 3.63. The number of nitrogens with one attached hydrogen (secondary N) is 1. The highest BCUT2D eigenvalue weighted by Gasteiger charge is 2.61. The predicted molar refractivity (Wildman–Crippen MR) is 58.6 cm³/mol. The first-order chi connectivity index (χ1) is 7.15. The lowest BCUT2D eigenvalue weighted by molar-refractivity contribution is 0.444.